The number of nitrogens with one attached hydrogen (secondary N) is 1. The van der Waals surface area contributed by atoms with Gasteiger partial charge in [-0.15, -0.1) is 23.5 Å². The van der Waals surface area contributed by atoms with Crippen molar-refractivity contribution in [1.29, 1.82) is 0 Å². The standard InChI is InChI=1S/C25H22BrFN2O3S2/c26-20-7-10-23(32-15-18-3-1-2-4-22(18)27)19(13-20)14-28-29-24(30)16-31-21-8-5-17(6-9-21)25-33-11-12-34-25/h1-10,13-14,25H,11-12,15-16H2,(H,29,30)/b28-14-. The summed E-state index contributed by atoms with van der Waals surface area (Å²) in [4.78, 5) is 12.1. The Morgan fingerprint density at radius 3 is 2.62 bits per heavy atom. The Balaban J connectivity index is 1.29. The van der Waals surface area contributed by atoms with Gasteiger partial charge in [-0.1, -0.05) is 46.3 Å². The highest BCUT2D eigenvalue weighted by Crippen LogP contribution is 2.45. The number of amides is 1. The molecule has 1 amide bonds. The van der Waals surface area contributed by atoms with E-state index in [4.69, 9.17) is 9.47 Å². The zero-order valence-electron chi connectivity index (χ0n) is 18.1. The van der Waals surface area contributed by atoms with Gasteiger partial charge in [-0.2, -0.15) is 5.10 Å². The fourth-order valence-corrected chi connectivity index (χ4v) is 6.39. The third-order valence-electron chi connectivity index (χ3n) is 4.85. The fraction of sp³-hybridized carbons (Fsp3) is 0.200. The van der Waals surface area contributed by atoms with Crippen molar-refractivity contribution in [3.05, 3.63) is 93.7 Å². The first-order valence-corrected chi connectivity index (χ1v) is 13.4. The maximum atomic E-state index is 13.9. The van der Waals surface area contributed by atoms with E-state index in [1.54, 1.807) is 30.3 Å². The highest BCUT2D eigenvalue weighted by Gasteiger charge is 2.18. The van der Waals surface area contributed by atoms with Crippen molar-refractivity contribution in [3.63, 3.8) is 0 Å². The Labute approximate surface area is 214 Å². The number of rotatable bonds is 9. The van der Waals surface area contributed by atoms with E-state index < -0.39 is 0 Å². The predicted molar refractivity (Wildman–Crippen MR) is 140 cm³/mol. The molecule has 0 bridgehead atoms. The van der Waals surface area contributed by atoms with Crippen LogP contribution in [0.4, 0.5) is 4.39 Å². The molecule has 3 aromatic rings. The van der Waals surface area contributed by atoms with E-state index in [2.05, 4.69) is 26.5 Å². The Bertz CT molecular complexity index is 1160. The molecule has 1 N–H and O–H groups in total. The molecule has 176 valence electrons. The molecule has 0 saturated carbocycles. The molecule has 5 nitrogen and oxygen atoms in total. The van der Waals surface area contributed by atoms with Gasteiger partial charge in [0.15, 0.2) is 6.61 Å². The molecular formula is C25H22BrFN2O3S2. The van der Waals surface area contributed by atoms with Gasteiger partial charge in [0, 0.05) is 27.1 Å². The van der Waals surface area contributed by atoms with Crippen LogP contribution in [0, 0.1) is 5.82 Å². The molecule has 1 aliphatic heterocycles. The van der Waals surface area contributed by atoms with Crippen LogP contribution < -0.4 is 14.9 Å². The Morgan fingerprint density at radius 1 is 1.09 bits per heavy atom. The summed E-state index contributed by atoms with van der Waals surface area (Å²) in [5.41, 5.74) is 4.80. The first kappa shape index (κ1) is 24.6. The summed E-state index contributed by atoms with van der Waals surface area (Å²) in [7, 11) is 0. The highest BCUT2D eigenvalue weighted by molar-refractivity contribution is 9.10. The largest absolute Gasteiger partial charge is 0.488 e. The lowest BCUT2D eigenvalue weighted by Gasteiger charge is -2.11. The lowest BCUT2D eigenvalue weighted by Crippen LogP contribution is -2.24. The summed E-state index contributed by atoms with van der Waals surface area (Å²) < 4.78 is 26.5. The topological polar surface area (TPSA) is 59.9 Å². The minimum Gasteiger partial charge on any atom is -0.488 e. The number of benzene rings is 3. The van der Waals surface area contributed by atoms with Crippen LogP contribution in [0.2, 0.25) is 0 Å². The van der Waals surface area contributed by atoms with Gasteiger partial charge in [0.1, 0.15) is 23.9 Å². The van der Waals surface area contributed by atoms with E-state index >= 15 is 0 Å². The number of nitrogens with zero attached hydrogens (tertiary/aromatic N) is 1. The van der Waals surface area contributed by atoms with Gasteiger partial charge in [0.05, 0.1) is 10.8 Å². The number of hydrazone groups is 1. The average molecular weight is 561 g/mol. The molecule has 0 radical (unpaired) electrons. The van der Waals surface area contributed by atoms with Gasteiger partial charge in [0.2, 0.25) is 0 Å². The Morgan fingerprint density at radius 2 is 1.85 bits per heavy atom. The fourth-order valence-electron chi connectivity index (χ4n) is 3.15. The van der Waals surface area contributed by atoms with Gasteiger partial charge in [-0.3, -0.25) is 4.79 Å². The molecule has 1 fully saturated rings. The molecule has 0 atom stereocenters. The van der Waals surface area contributed by atoms with E-state index in [0.717, 1.165) is 4.47 Å². The average Bonchev–Trinajstić information content (AvgIpc) is 3.39. The molecule has 4 rings (SSSR count). The summed E-state index contributed by atoms with van der Waals surface area (Å²) >= 11 is 7.30. The van der Waals surface area contributed by atoms with Crippen molar-refractivity contribution >= 4 is 51.6 Å². The second-order valence-corrected chi connectivity index (χ2v) is 10.9. The van der Waals surface area contributed by atoms with E-state index in [0.29, 0.717) is 27.2 Å². The van der Waals surface area contributed by atoms with Crippen LogP contribution in [-0.4, -0.2) is 30.2 Å². The molecule has 0 unspecified atom stereocenters. The van der Waals surface area contributed by atoms with Crippen molar-refractivity contribution in [2.24, 2.45) is 5.10 Å². The molecule has 1 saturated heterocycles. The molecule has 34 heavy (non-hydrogen) atoms. The van der Waals surface area contributed by atoms with Gasteiger partial charge in [-0.05, 0) is 42.0 Å². The zero-order chi connectivity index (χ0) is 23.8. The first-order valence-electron chi connectivity index (χ1n) is 10.5. The summed E-state index contributed by atoms with van der Waals surface area (Å²) in [6, 6.07) is 19.7. The maximum Gasteiger partial charge on any atom is 0.277 e. The Hall–Kier alpha value is -2.49. The first-order chi connectivity index (χ1) is 16.6. The molecular weight excluding hydrogens is 539 g/mol. The monoisotopic (exact) mass is 560 g/mol. The lowest BCUT2D eigenvalue weighted by molar-refractivity contribution is -0.123. The normalized spacial score (nSPS) is 13.8. The van der Waals surface area contributed by atoms with Gasteiger partial charge >= 0.3 is 0 Å². The quantitative estimate of drug-likeness (QED) is 0.250. The van der Waals surface area contributed by atoms with Crippen LogP contribution in [-0.2, 0) is 11.4 Å². The van der Waals surface area contributed by atoms with Gasteiger partial charge in [0.25, 0.3) is 5.91 Å². The van der Waals surface area contributed by atoms with Crippen molar-refractivity contribution in [2.45, 2.75) is 11.2 Å². The third-order valence-corrected chi connectivity index (χ3v) is 8.45. The number of halogens is 2. The molecule has 3 aromatic carbocycles. The number of thioether (sulfide) groups is 2. The van der Waals surface area contributed by atoms with Crippen LogP contribution in [0.5, 0.6) is 11.5 Å². The number of ether oxygens (including phenoxy) is 2. The predicted octanol–water partition coefficient (Wildman–Crippen LogP) is 6.17. The Kier molecular flexibility index (Phi) is 8.90. The minimum atomic E-state index is -0.383. The molecule has 0 spiro atoms. The summed E-state index contributed by atoms with van der Waals surface area (Å²) in [6.07, 6.45) is 1.48. The zero-order valence-corrected chi connectivity index (χ0v) is 21.3. The minimum absolute atomic E-state index is 0.0757. The van der Waals surface area contributed by atoms with Crippen LogP contribution in [0.3, 0.4) is 0 Å². The van der Waals surface area contributed by atoms with Crippen molar-refractivity contribution in [2.75, 3.05) is 18.1 Å². The van der Waals surface area contributed by atoms with Gasteiger partial charge in [-0.25, -0.2) is 9.82 Å². The van der Waals surface area contributed by atoms with Crippen LogP contribution in [0.15, 0.2) is 76.3 Å². The lowest BCUT2D eigenvalue weighted by atomic mass is 10.2. The number of carbonyl (C=O) groups excluding carboxylic acids is 1. The number of hydrogen-bond acceptors (Lipinski definition) is 6. The molecule has 1 aliphatic rings. The SMILES string of the molecule is O=C(COc1ccc(C2SCCS2)cc1)N/N=C\c1cc(Br)ccc1OCc1ccccc1F. The smallest absolute Gasteiger partial charge is 0.277 e. The van der Waals surface area contributed by atoms with Crippen molar-refractivity contribution in [1.82, 2.24) is 5.43 Å². The van der Waals surface area contributed by atoms with Crippen molar-refractivity contribution < 1.29 is 18.7 Å². The van der Waals surface area contributed by atoms with E-state index in [9.17, 15) is 9.18 Å². The molecule has 0 aliphatic carbocycles. The molecule has 9 heteroatoms. The molecule has 1 heterocycles. The summed E-state index contributed by atoms with van der Waals surface area (Å²) in [5, 5.41) is 4.01. The second kappa shape index (κ2) is 12.3. The van der Waals surface area contributed by atoms with E-state index in [1.807, 2.05) is 53.9 Å². The van der Waals surface area contributed by atoms with Crippen LogP contribution in [0.25, 0.3) is 0 Å². The highest BCUT2D eigenvalue weighted by atomic mass is 79.9. The molecule has 0 aromatic heterocycles. The maximum absolute atomic E-state index is 13.9. The number of hydrogen-bond donors (Lipinski definition) is 1. The van der Waals surface area contributed by atoms with Gasteiger partial charge < -0.3 is 9.47 Å². The summed E-state index contributed by atoms with van der Waals surface area (Å²) in [6.45, 7) is -0.0784. The van der Waals surface area contributed by atoms with E-state index in [1.165, 1.54) is 29.4 Å². The van der Waals surface area contributed by atoms with Crippen LogP contribution >= 0.6 is 39.5 Å². The van der Waals surface area contributed by atoms with E-state index in [-0.39, 0.29) is 24.9 Å². The van der Waals surface area contributed by atoms with Crippen molar-refractivity contribution in [3.8, 4) is 11.5 Å². The van der Waals surface area contributed by atoms with Crippen LogP contribution in [0.1, 0.15) is 21.3 Å². The third kappa shape index (κ3) is 7.01. The number of carbonyl (C=O) groups is 1. The summed E-state index contributed by atoms with van der Waals surface area (Å²) in [5.74, 6) is 2.78. The second-order valence-electron chi connectivity index (χ2n) is 7.29.